The summed E-state index contributed by atoms with van der Waals surface area (Å²) in [4.78, 5) is 0. The predicted octanol–water partition coefficient (Wildman–Crippen LogP) is 0.882. The van der Waals surface area contributed by atoms with E-state index in [9.17, 15) is 0 Å². The molecule has 0 bridgehead atoms. The molecule has 0 aromatic heterocycles. The van der Waals surface area contributed by atoms with Crippen molar-refractivity contribution in [3.63, 3.8) is 0 Å². The summed E-state index contributed by atoms with van der Waals surface area (Å²) in [6, 6.07) is 0. The molecule has 0 aliphatic rings. The Morgan fingerprint density at radius 1 is 0.522 bits per heavy atom. The zero-order valence-electron chi connectivity index (χ0n) is 13.3. The molecule has 0 saturated heterocycles. The summed E-state index contributed by atoms with van der Waals surface area (Å²) in [5.41, 5.74) is 53.2. The molecule has 2 aromatic rings. The van der Waals surface area contributed by atoms with Gasteiger partial charge in [0.25, 0.3) is 0 Å². The lowest BCUT2D eigenvalue weighted by Crippen LogP contribution is -2.13. The van der Waals surface area contributed by atoms with E-state index in [1.807, 2.05) is 6.92 Å². The van der Waals surface area contributed by atoms with E-state index in [-0.39, 0.29) is 22.7 Å². The summed E-state index contributed by atoms with van der Waals surface area (Å²) in [5.74, 6) is 0. The van der Waals surface area contributed by atoms with Crippen molar-refractivity contribution < 1.29 is 0 Å². The summed E-state index contributed by atoms with van der Waals surface area (Å²) in [5, 5.41) is 0. The van der Waals surface area contributed by atoms with Gasteiger partial charge in [-0.05, 0) is 24.5 Å². The second kappa shape index (κ2) is 5.24. The van der Waals surface area contributed by atoms with Crippen molar-refractivity contribution in [3.05, 3.63) is 11.1 Å². The fourth-order valence-electron chi connectivity index (χ4n) is 2.82. The molecule has 8 nitrogen and oxygen atoms in total. The molecule has 0 fully saturated rings. The fraction of sp³-hybridized carbons (Fsp3) is 0.200. The van der Waals surface area contributed by atoms with Crippen LogP contribution in [0.15, 0.2) is 0 Å². The highest BCUT2D eigenvalue weighted by Crippen LogP contribution is 2.49. The number of hydrogen-bond donors (Lipinski definition) is 8. The van der Waals surface area contributed by atoms with E-state index in [4.69, 9.17) is 45.9 Å². The smallest absolute Gasteiger partial charge is 0.0809 e. The second-order valence-corrected chi connectivity index (χ2v) is 5.52. The third-order valence-electron chi connectivity index (χ3n) is 4.29. The van der Waals surface area contributed by atoms with Crippen LogP contribution in [0, 0.1) is 6.92 Å². The van der Waals surface area contributed by atoms with Gasteiger partial charge in [-0.1, -0.05) is 6.92 Å². The van der Waals surface area contributed by atoms with Crippen molar-refractivity contribution in [2.45, 2.75) is 20.3 Å². The van der Waals surface area contributed by atoms with Gasteiger partial charge in [-0.2, -0.15) is 0 Å². The topological polar surface area (TPSA) is 208 Å². The van der Waals surface area contributed by atoms with Gasteiger partial charge in [0.15, 0.2) is 0 Å². The van der Waals surface area contributed by atoms with Gasteiger partial charge >= 0.3 is 0 Å². The van der Waals surface area contributed by atoms with Crippen molar-refractivity contribution in [3.8, 4) is 11.1 Å². The SMILES string of the molecule is CCc1c(N)c(N)c(N)c(N)c1-c1c(C)c(N)c(N)c(N)c1N. The highest BCUT2D eigenvalue weighted by atomic mass is 14.8. The highest BCUT2D eigenvalue weighted by Gasteiger charge is 2.24. The van der Waals surface area contributed by atoms with E-state index in [1.165, 1.54) is 0 Å². The van der Waals surface area contributed by atoms with Gasteiger partial charge in [-0.15, -0.1) is 0 Å². The summed E-state index contributed by atoms with van der Waals surface area (Å²) in [6.07, 6.45) is 0.582. The Hall–Kier alpha value is -3.16. The van der Waals surface area contributed by atoms with Crippen LogP contribution in [0.2, 0.25) is 0 Å². The largest absolute Gasteiger partial charge is 0.397 e. The van der Waals surface area contributed by atoms with E-state index in [0.717, 1.165) is 5.56 Å². The van der Waals surface area contributed by atoms with E-state index in [0.29, 0.717) is 45.9 Å². The first-order valence-electron chi connectivity index (χ1n) is 7.12. The van der Waals surface area contributed by atoms with E-state index in [1.54, 1.807) is 6.92 Å². The lowest BCUT2D eigenvalue weighted by atomic mass is 9.88. The molecule has 23 heavy (non-hydrogen) atoms. The molecule has 0 atom stereocenters. The zero-order chi connectivity index (χ0) is 17.6. The number of hydrogen-bond acceptors (Lipinski definition) is 8. The molecule has 0 saturated carbocycles. The van der Waals surface area contributed by atoms with Crippen LogP contribution < -0.4 is 45.9 Å². The minimum absolute atomic E-state index is 0.207. The van der Waals surface area contributed by atoms with Crippen LogP contribution in [0.4, 0.5) is 45.5 Å². The lowest BCUT2D eigenvalue weighted by molar-refractivity contribution is 1.15. The van der Waals surface area contributed by atoms with Crippen molar-refractivity contribution in [2.75, 3.05) is 45.9 Å². The molecule has 0 amide bonds. The first-order valence-corrected chi connectivity index (χ1v) is 7.12. The quantitative estimate of drug-likeness (QED) is 0.372. The third-order valence-corrected chi connectivity index (χ3v) is 4.29. The average molecular weight is 316 g/mol. The van der Waals surface area contributed by atoms with E-state index < -0.39 is 0 Å². The molecule has 0 unspecified atom stereocenters. The van der Waals surface area contributed by atoms with Crippen molar-refractivity contribution >= 4 is 45.5 Å². The first-order chi connectivity index (χ1) is 10.6. The Morgan fingerprint density at radius 3 is 1.39 bits per heavy atom. The molecule has 0 aliphatic carbocycles. The van der Waals surface area contributed by atoms with Crippen LogP contribution in [0.5, 0.6) is 0 Å². The Labute approximate surface area is 134 Å². The van der Waals surface area contributed by atoms with Gasteiger partial charge in [-0.3, -0.25) is 0 Å². The van der Waals surface area contributed by atoms with Crippen LogP contribution >= 0.6 is 0 Å². The maximum Gasteiger partial charge on any atom is 0.0809 e. The lowest BCUT2D eigenvalue weighted by Gasteiger charge is -2.23. The Bertz CT molecular complexity index is 781. The third kappa shape index (κ3) is 2.07. The van der Waals surface area contributed by atoms with Crippen LogP contribution in [0.25, 0.3) is 11.1 Å². The molecule has 0 radical (unpaired) electrons. The number of anilines is 8. The molecule has 2 aromatic carbocycles. The standard InChI is InChI=1S/C15H24N8/c1-3-5-7(11(19)15(23)13(21)9(5)17)6-4(2)8(16)12(20)14(22)10(6)18/h3,16-23H2,1-2H3. The number of rotatable bonds is 2. The maximum absolute atomic E-state index is 6.21. The van der Waals surface area contributed by atoms with Gasteiger partial charge in [-0.25, -0.2) is 0 Å². The summed E-state index contributed by atoms with van der Waals surface area (Å²) >= 11 is 0. The molecule has 2 rings (SSSR count). The number of nitrogen functional groups attached to an aromatic ring is 8. The van der Waals surface area contributed by atoms with Crippen LogP contribution in [-0.2, 0) is 6.42 Å². The summed E-state index contributed by atoms with van der Waals surface area (Å²) in [6.45, 7) is 3.72. The second-order valence-electron chi connectivity index (χ2n) is 5.52. The number of benzene rings is 2. The highest BCUT2D eigenvalue weighted by molar-refractivity contribution is 6.07. The molecular weight excluding hydrogens is 292 g/mol. The van der Waals surface area contributed by atoms with Gasteiger partial charge in [0.2, 0.25) is 0 Å². The van der Waals surface area contributed by atoms with Crippen molar-refractivity contribution in [1.29, 1.82) is 0 Å². The van der Waals surface area contributed by atoms with Crippen LogP contribution in [-0.4, -0.2) is 0 Å². The fourth-order valence-corrected chi connectivity index (χ4v) is 2.82. The predicted molar refractivity (Wildman–Crippen MR) is 101 cm³/mol. The van der Waals surface area contributed by atoms with E-state index >= 15 is 0 Å². The summed E-state index contributed by atoms with van der Waals surface area (Å²) in [7, 11) is 0. The molecular formula is C15H24N8. The molecule has 0 heterocycles. The monoisotopic (exact) mass is 316 g/mol. The first kappa shape index (κ1) is 16.2. The Kier molecular flexibility index (Phi) is 3.69. The van der Waals surface area contributed by atoms with E-state index in [2.05, 4.69) is 0 Å². The normalized spacial score (nSPS) is 10.9. The minimum atomic E-state index is 0.207. The molecule has 8 heteroatoms. The average Bonchev–Trinajstić information content (AvgIpc) is 2.54. The Balaban J connectivity index is 3.06. The molecule has 16 N–H and O–H groups in total. The van der Waals surface area contributed by atoms with Crippen LogP contribution in [0.3, 0.4) is 0 Å². The van der Waals surface area contributed by atoms with Gasteiger partial charge < -0.3 is 45.9 Å². The van der Waals surface area contributed by atoms with Gasteiger partial charge in [0, 0.05) is 11.1 Å². The number of nitrogens with two attached hydrogens (primary N) is 8. The molecule has 124 valence electrons. The molecule has 0 aliphatic heterocycles. The minimum Gasteiger partial charge on any atom is -0.397 e. The Morgan fingerprint density at radius 2 is 0.913 bits per heavy atom. The molecule has 0 spiro atoms. The van der Waals surface area contributed by atoms with Gasteiger partial charge in [0.1, 0.15) is 0 Å². The summed E-state index contributed by atoms with van der Waals surface area (Å²) < 4.78 is 0. The van der Waals surface area contributed by atoms with Crippen LogP contribution in [0.1, 0.15) is 18.1 Å². The van der Waals surface area contributed by atoms with Gasteiger partial charge in [0.05, 0.1) is 45.5 Å². The zero-order valence-corrected chi connectivity index (χ0v) is 13.3. The maximum atomic E-state index is 6.21. The van der Waals surface area contributed by atoms with Crippen molar-refractivity contribution in [2.24, 2.45) is 0 Å². The van der Waals surface area contributed by atoms with Crippen molar-refractivity contribution in [1.82, 2.24) is 0 Å².